The first-order chi connectivity index (χ1) is 8.04. The molecular formula is C9H9N5O3. The van der Waals surface area contributed by atoms with Gasteiger partial charge in [0.1, 0.15) is 0 Å². The molecule has 0 unspecified atom stereocenters. The van der Waals surface area contributed by atoms with E-state index in [-0.39, 0.29) is 5.82 Å². The maximum Gasteiger partial charge on any atom is 0.292 e. The fraction of sp³-hybridized carbons (Fsp3) is 0.111. The van der Waals surface area contributed by atoms with Crippen LogP contribution in [0.4, 0.5) is 5.82 Å². The van der Waals surface area contributed by atoms with Gasteiger partial charge in [-0.15, -0.1) is 0 Å². The Hall–Kier alpha value is -2.64. The molecule has 0 aromatic carbocycles. The van der Waals surface area contributed by atoms with E-state index in [9.17, 15) is 9.59 Å². The number of aryl methyl sites for hydroxylation is 1. The van der Waals surface area contributed by atoms with Gasteiger partial charge >= 0.3 is 0 Å². The van der Waals surface area contributed by atoms with Crippen LogP contribution in [-0.2, 0) is 7.05 Å². The van der Waals surface area contributed by atoms with Crippen molar-refractivity contribution in [2.75, 3.05) is 5.32 Å². The predicted molar refractivity (Wildman–Crippen MR) is 57.7 cm³/mol. The first-order valence-corrected chi connectivity index (χ1v) is 4.66. The molecule has 17 heavy (non-hydrogen) atoms. The van der Waals surface area contributed by atoms with Crippen molar-refractivity contribution in [3.8, 4) is 5.88 Å². The summed E-state index contributed by atoms with van der Waals surface area (Å²) < 4.78 is 1.51. The summed E-state index contributed by atoms with van der Waals surface area (Å²) in [6.45, 7) is 0. The third-order valence-corrected chi connectivity index (χ3v) is 1.90. The molecule has 3 N–H and O–H groups in total. The number of nitrogens with zero attached hydrogens (tertiary/aromatic N) is 3. The number of aromatic nitrogens is 4. The Bertz CT molecular complexity index is 615. The van der Waals surface area contributed by atoms with Crippen LogP contribution in [-0.4, -0.2) is 30.8 Å². The maximum absolute atomic E-state index is 11.6. The summed E-state index contributed by atoms with van der Waals surface area (Å²) in [6.07, 6.45) is 1.65. The average molecular weight is 235 g/mol. The number of H-pyrrole nitrogens is 1. The normalized spacial score (nSPS) is 10.2. The van der Waals surface area contributed by atoms with Gasteiger partial charge in [0.2, 0.25) is 11.7 Å². The second kappa shape index (κ2) is 4.08. The Balaban J connectivity index is 2.22. The van der Waals surface area contributed by atoms with E-state index in [1.807, 2.05) is 0 Å². The SMILES string of the molecule is Cn1ccc(NC(=O)c2nc(O)cc(=O)[nH]2)n1. The molecule has 0 aliphatic heterocycles. The molecule has 0 fully saturated rings. The number of hydrogen-bond donors (Lipinski definition) is 3. The van der Waals surface area contributed by atoms with E-state index in [0.717, 1.165) is 6.07 Å². The summed E-state index contributed by atoms with van der Waals surface area (Å²) in [7, 11) is 1.70. The average Bonchev–Trinajstić information content (AvgIpc) is 2.62. The Morgan fingerprint density at radius 3 is 2.94 bits per heavy atom. The zero-order valence-electron chi connectivity index (χ0n) is 8.84. The monoisotopic (exact) mass is 235 g/mol. The van der Waals surface area contributed by atoms with E-state index in [1.54, 1.807) is 19.3 Å². The van der Waals surface area contributed by atoms with Crippen LogP contribution in [0.15, 0.2) is 23.1 Å². The van der Waals surface area contributed by atoms with Crippen molar-refractivity contribution in [3.05, 3.63) is 34.5 Å². The van der Waals surface area contributed by atoms with Crippen molar-refractivity contribution in [2.45, 2.75) is 0 Å². The highest BCUT2D eigenvalue weighted by atomic mass is 16.3. The number of carbonyl (C=O) groups excluding carboxylic acids is 1. The molecule has 0 bridgehead atoms. The smallest absolute Gasteiger partial charge is 0.292 e. The van der Waals surface area contributed by atoms with Crippen molar-refractivity contribution in [1.82, 2.24) is 19.7 Å². The van der Waals surface area contributed by atoms with Crippen LogP contribution in [0.3, 0.4) is 0 Å². The minimum absolute atomic E-state index is 0.277. The molecular weight excluding hydrogens is 226 g/mol. The molecule has 88 valence electrons. The number of amides is 1. The maximum atomic E-state index is 11.6. The molecule has 2 rings (SSSR count). The number of hydrogen-bond acceptors (Lipinski definition) is 5. The third-order valence-electron chi connectivity index (χ3n) is 1.90. The first-order valence-electron chi connectivity index (χ1n) is 4.66. The van der Waals surface area contributed by atoms with Gasteiger partial charge in [-0.05, 0) is 0 Å². The van der Waals surface area contributed by atoms with E-state index in [0.29, 0.717) is 5.82 Å². The van der Waals surface area contributed by atoms with Gasteiger partial charge in [-0.3, -0.25) is 14.3 Å². The predicted octanol–water partition coefficient (Wildman–Crippen LogP) is -0.539. The minimum atomic E-state index is -0.656. The van der Waals surface area contributed by atoms with Crippen molar-refractivity contribution in [2.24, 2.45) is 7.05 Å². The van der Waals surface area contributed by atoms with Gasteiger partial charge in [-0.25, -0.2) is 0 Å². The minimum Gasteiger partial charge on any atom is -0.493 e. The number of aromatic amines is 1. The summed E-state index contributed by atoms with van der Waals surface area (Å²) in [5.74, 6) is -1.12. The van der Waals surface area contributed by atoms with E-state index < -0.39 is 17.3 Å². The molecule has 0 spiro atoms. The van der Waals surface area contributed by atoms with E-state index in [4.69, 9.17) is 5.11 Å². The fourth-order valence-electron chi connectivity index (χ4n) is 1.21. The number of carbonyl (C=O) groups is 1. The number of anilines is 1. The van der Waals surface area contributed by atoms with Crippen LogP contribution >= 0.6 is 0 Å². The quantitative estimate of drug-likeness (QED) is 0.647. The van der Waals surface area contributed by atoms with Gasteiger partial charge in [0.15, 0.2) is 5.82 Å². The van der Waals surface area contributed by atoms with Crippen molar-refractivity contribution in [1.29, 1.82) is 0 Å². The summed E-state index contributed by atoms with van der Waals surface area (Å²) in [4.78, 5) is 28.3. The van der Waals surface area contributed by atoms with Crippen LogP contribution in [0.25, 0.3) is 0 Å². The molecule has 0 saturated carbocycles. The van der Waals surface area contributed by atoms with Gasteiger partial charge < -0.3 is 15.4 Å². The van der Waals surface area contributed by atoms with Crippen LogP contribution in [0.2, 0.25) is 0 Å². The lowest BCUT2D eigenvalue weighted by molar-refractivity contribution is 0.101. The van der Waals surface area contributed by atoms with Gasteiger partial charge in [-0.2, -0.15) is 10.1 Å². The molecule has 0 aliphatic rings. The van der Waals surface area contributed by atoms with Crippen LogP contribution in [0.1, 0.15) is 10.6 Å². The first kappa shape index (κ1) is 10.9. The summed E-state index contributed by atoms with van der Waals surface area (Å²) in [6, 6.07) is 2.45. The molecule has 0 saturated heterocycles. The summed E-state index contributed by atoms with van der Waals surface area (Å²) >= 11 is 0. The molecule has 2 aromatic rings. The van der Waals surface area contributed by atoms with E-state index in [2.05, 4.69) is 20.4 Å². The van der Waals surface area contributed by atoms with E-state index in [1.165, 1.54) is 4.68 Å². The van der Waals surface area contributed by atoms with E-state index >= 15 is 0 Å². The summed E-state index contributed by atoms with van der Waals surface area (Å²) in [5.41, 5.74) is -0.608. The zero-order chi connectivity index (χ0) is 12.4. The molecule has 0 atom stereocenters. The molecule has 0 aliphatic carbocycles. The molecule has 1 amide bonds. The van der Waals surface area contributed by atoms with Gasteiger partial charge in [0.05, 0.1) is 6.07 Å². The van der Waals surface area contributed by atoms with Crippen LogP contribution < -0.4 is 10.9 Å². The van der Waals surface area contributed by atoms with Crippen LogP contribution in [0, 0.1) is 0 Å². The van der Waals surface area contributed by atoms with Crippen molar-refractivity contribution >= 4 is 11.7 Å². The highest BCUT2D eigenvalue weighted by Crippen LogP contribution is 2.04. The van der Waals surface area contributed by atoms with Gasteiger partial charge in [0, 0.05) is 19.3 Å². The molecule has 8 heteroatoms. The second-order valence-electron chi connectivity index (χ2n) is 3.28. The van der Waals surface area contributed by atoms with Crippen molar-refractivity contribution < 1.29 is 9.90 Å². The lowest BCUT2D eigenvalue weighted by atomic mass is 10.5. The summed E-state index contributed by atoms with van der Waals surface area (Å²) in [5, 5.41) is 15.4. The lowest BCUT2D eigenvalue weighted by Crippen LogP contribution is -2.20. The zero-order valence-corrected chi connectivity index (χ0v) is 8.84. The van der Waals surface area contributed by atoms with Gasteiger partial charge in [-0.1, -0.05) is 0 Å². The Morgan fingerprint density at radius 2 is 2.35 bits per heavy atom. The second-order valence-corrected chi connectivity index (χ2v) is 3.28. The molecule has 2 aromatic heterocycles. The third kappa shape index (κ3) is 2.48. The number of nitrogens with one attached hydrogen (secondary N) is 2. The largest absolute Gasteiger partial charge is 0.493 e. The van der Waals surface area contributed by atoms with Crippen molar-refractivity contribution in [3.63, 3.8) is 0 Å². The Kier molecular flexibility index (Phi) is 2.61. The molecule has 2 heterocycles. The molecule has 8 nitrogen and oxygen atoms in total. The highest BCUT2D eigenvalue weighted by Gasteiger charge is 2.11. The Labute approximate surface area is 94.9 Å². The lowest BCUT2D eigenvalue weighted by Gasteiger charge is -2.00. The standard InChI is InChI=1S/C9H9N5O3/c1-14-3-2-5(13-14)10-9(17)8-11-6(15)4-7(16)12-8/h2-4H,1H3,(H,10,13,17)(H2,11,12,15,16). The highest BCUT2D eigenvalue weighted by molar-refractivity contribution is 6.00. The fourth-order valence-corrected chi connectivity index (χ4v) is 1.21. The topological polar surface area (TPSA) is 113 Å². The number of aromatic hydroxyl groups is 1. The Morgan fingerprint density at radius 1 is 1.59 bits per heavy atom. The van der Waals surface area contributed by atoms with Gasteiger partial charge in [0.25, 0.3) is 11.5 Å². The molecule has 0 radical (unpaired) electrons. The number of rotatable bonds is 2. The van der Waals surface area contributed by atoms with Crippen LogP contribution in [0.5, 0.6) is 5.88 Å².